The average molecular weight is 471 g/mol. The van der Waals surface area contributed by atoms with Crippen molar-refractivity contribution in [1.82, 2.24) is 0 Å². The third-order valence-corrected chi connectivity index (χ3v) is 5.88. The largest absolute Gasteiger partial charge is 0.440 e. The smallest absolute Gasteiger partial charge is 0.336 e. The molecule has 0 bridgehead atoms. The molecule has 2 N–H and O–H groups in total. The molecule has 0 amide bonds. The van der Waals surface area contributed by atoms with E-state index in [9.17, 15) is 10.1 Å². The highest BCUT2D eigenvalue weighted by molar-refractivity contribution is 6.30. The third-order valence-electron chi connectivity index (χ3n) is 5.63. The Balaban J connectivity index is 1.59. The minimum absolute atomic E-state index is 0.0408. The third kappa shape index (κ3) is 4.98. The molecule has 3 aromatic carbocycles. The molecule has 1 atom stereocenters. The Kier molecular flexibility index (Phi) is 6.72. The quantitative estimate of drug-likeness (QED) is 0.268. The molecule has 1 heterocycles. The molecule has 6 heteroatoms. The predicted octanol–water partition coefficient (Wildman–Crippen LogP) is 6.30. The number of ether oxygens (including phenoxy) is 2. The Bertz CT molecular complexity index is 1320. The van der Waals surface area contributed by atoms with E-state index in [0.717, 1.165) is 16.7 Å². The molecule has 0 fully saturated rings. The van der Waals surface area contributed by atoms with Crippen molar-refractivity contribution in [3.8, 4) is 17.6 Å². The van der Waals surface area contributed by atoms with Crippen molar-refractivity contribution < 1.29 is 14.3 Å². The molecule has 0 saturated heterocycles. The summed E-state index contributed by atoms with van der Waals surface area (Å²) in [5.74, 6) is 0.294. The van der Waals surface area contributed by atoms with E-state index in [0.29, 0.717) is 28.0 Å². The van der Waals surface area contributed by atoms with Crippen LogP contribution in [0.5, 0.6) is 11.5 Å². The van der Waals surface area contributed by atoms with Gasteiger partial charge in [0.05, 0.1) is 5.92 Å². The van der Waals surface area contributed by atoms with Gasteiger partial charge in [-0.3, -0.25) is 0 Å². The molecule has 0 radical (unpaired) electrons. The fraction of sp³-hybridized carbons (Fsp3) is 0.143. The zero-order valence-corrected chi connectivity index (χ0v) is 19.5. The van der Waals surface area contributed by atoms with Crippen molar-refractivity contribution in [3.63, 3.8) is 0 Å². The number of allylic oxidation sites excluding steroid dienone is 1. The normalized spacial score (nSPS) is 15.1. The van der Waals surface area contributed by atoms with Gasteiger partial charge in [0.15, 0.2) is 0 Å². The van der Waals surface area contributed by atoms with Crippen LogP contribution in [-0.4, -0.2) is 5.97 Å². The first-order valence-corrected chi connectivity index (χ1v) is 11.2. The predicted molar refractivity (Wildman–Crippen MR) is 132 cm³/mol. The second-order valence-corrected chi connectivity index (χ2v) is 8.69. The van der Waals surface area contributed by atoms with E-state index < -0.39 is 5.97 Å². The SMILES string of the molecule is CC(C)c1ccc(C2C(C#N)=C(N)Oc3cc(OC(=O)/C=C/c4ccc(Cl)cc4)ccc32)cc1. The molecular formula is C28H23ClN2O3. The van der Waals surface area contributed by atoms with Crippen LogP contribution in [0.2, 0.25) is 5.02 Å². The summed E-state index contributed by atoms with van der Waals surface area (Å²) >= 11 is 5.88. The highest BCUT2D eigenvalue weighted by Gasteiger charge is 2.31. The Morgan fingerprint density at radius 3 is 2.47 bits per heavy atom. The second-order valence-electron chi connectivity index (χ2n) is 8.25. The van der Waals surface area contributed by atoms with Crippen LogP contribution in [0.1, 0.15) is 47.9 Å². The van der Waals surface area contributed by atoms with Gasteiger partial charge >= 0.3 is 5.97 Å². The number of hydrogen-bond acceptors (Lipinski definition) is 5. The van der Waals surface area contributed by atoms with E-state index in [4.69, 9.17) is 26.8 Å². The Labute approximate surface area is 203 Å². The molecule has 1 aliphatic heterocycles. The van der Waals surface area contributed by atoms with E-state index in [2.05, 4.69) is 32.0 Å². The molecule has 5 nitrogen and oxygen atoms in total. The van der Waals surface area contributed by atoms with E-state index in [1.165, 1.54) is 11.6 Å². The molecule has 34 heavy (non-hydrogen) atoms. The van der Waals surface area contributed by atoms with Crippen molar-refractivity contribution in [1.29, 1.82) is 5.26 Å². The van der Waals surface area contributed by atoms with Crippen LogP contribution in [0.25, 0.3) is 6.08 Å². The van der Waals surface area contributed by atoms with Gasteiger partial charge in [-0.15, -0.1) is 0 Å². The minimum Gasteiger partial charge on any atom is -0.440 e. The number of fused-ring (bicyclic) bond motifs is 1. The van der Waals surface area contributed by atoms with Crippen LogP contribution < -0.4 is 15.2 Å². The zero-order chi connectivity index (χ0) is 24.2. The molecule has 1 unspecified atom stereocenters. The molecule has 0 aliphatic carbocycles. The molecule has 4 rings (SSSR count). The summed E-state index contributed by atoms with van der Waals surface area (Å²) in [7, 11) is 0. The van der Waals surface area contributed by atoms with Crippen LogP contribution in [0, 0.1) is 11.3 Å². The number of carbonyl (C=O) groups excluding carboxylic acids is 1. The van der Waals surface area contributed by atoms with Gasteiger partial charge in [-0.05, 0) is 46.9 Å². The Morgan fingerprint density at radius 2 is 1.82 bits per heavy atom. The number of carbonyl (C=O) groups is 1. The van der Waals surface area contributed by atoms with E-state index in [1.807, 2.05) is 12.1 Å². The van der Waals surface area contributed by atoms with Gasteiger partial charge in [0.25, 0.3) is 0 Å². The number of esters is 1. The fourth-order valence-corrected chi connectivity index (χ4v) is 3.93. The molecule has 1 aliphatic rings. The van der Waals surface area contributed by atoms with Crippen LogP contribution >= 0.6 is 11.6 Å². The number of hydrogen-bond donors (Lipinski definition) is 1. The summed E-state index contributed by atoms with van der Waals surface area (Å²) in [6.07, 6.45) is 2.98. The van der Waals surface area contributed by atoms with Gasteiger partial charge in [0.1, 0.15) is 23.1 Å². The summed E-state index contributed by atoms with van der Waals surface area (Å²) in [4.78, 5) is 12.3. The van der Waals surface area contributed by atoms with Crippen molar-refractivity contribution >= 4 is 23.6 Å². The lowest BCUT2D eigenvalue weighted by Gasteiger charge is -2.27. The number of halogens is 1. The maximum Gasteiger partial charge on any atom is 0.336 e. The van der Waals surface area contributed by atoms with E-state index >= 15 is 0 Å². The number of rotatable bonds is 5. The monoisotopic (exact) mass is 470 g/mol. The molecule has 0 aromatic heterocycles. The summed E-state index contributed by atoms with van der Waals surface area (Å²) in [6.45, 7) is 4.26. The Morgan fingerprint density at radius 1 is 1.12 bits per heavy atom. The first kappa shape index (κ1) is 23.2. The van der Waals surface area contributed by atoms with E-state index in [1.54, 1.807) is 48.5 Å². The summed E-state index contributed by atoms with van der Waals surface area (Å²) < 4.78 is 11.2. The van der Waals surface area contributed by atoms with Gasteiger partial charge in [0.2, 0.25) is 5.88 Å². The maximum absolute atomic E-state index is 12.3. The van der Waals surface area contributed by atoms with Crippen LogP contribution in [0.15, 0.2) is 84.3 Å². The van der Waals surface area contributed by atoms with Crippen LogP contribution in [0.4, 0.5) is 0 Å². The maximum atomic E-state index is 12.3. The van der Waals surface area contributed by atoms with E-state index in [-0.39, 0.29) is 11.8 Å². The van der Waals surface area contributed by atoms with Crippen LogP contribution in [-0.2, 0) is 4.79 Å². The first-order chi connectivity index (χ1) is 16.4. The average Bonchev–Trinajstić information content (AvgIpc) is 2.83. The first-order valence-electron chi connectivity index (χ1n) is 10.8. The van der Waals surface area contributed by atoms with Gasteiger partial charge in [-0.2, -0.15) is 5.26 Å². The number of benzene rings is 3. The zero-order valence-electron chi connectivity index (χ0n) is 18.8. The highest BCUT2D eigenvalue weighted by Crippen LogP contribution is 2.43. The minimum atomic E-state index is -0.534. The molecule has 3 aromatic rings. The summed E-state index contributed by atoms with van der Waals surface area (Å²) in [6, 6.07) is 22.5. The fourth-order valence-electron chi connectivity index (χ4n) is 3.80. The van der Waals surface area contributed by atoms with Gasteiger partial charge in [0, 0.05) is 22.7 Å². The van der Waals surface area contributed by atoms with Crippen molar-refractivity contribution in [2.75, 3.05) is 0 Å². The summed E-state index contributed by atoms with van der Waals surface area (Å²) in [5, 5.41) is 10.4. The number of nitriles is 1. The lowest BCUT2D eigenvalue weighted by Crippen LogP contribution is -2.21. The summed E-state index contributed by atoms with van der Waals surface area (Å²) in [5.41, 5.74) is 10.2. The van der Waals surface area contributed by atoms with Crippen molar-refractivity contribution in [3.05, 3.63) is 112 Å². The second kappa shape index (κ2) is 9.86. The standard InChI is InChI=1S/C28H23ClN2O3/c1-17(2)19-6-8-20(9-7-19)27-23-13-12-22(15-25(23)34-28(31)24(27)16-30)33-26(32)14-5-18-3-10-21(29)11-4-18/h3-15,17,27H,31H2,1-2H3/b14-5+. The topological polar surface area (TPSA) is 85.3 Å². The molecule has 0 spiro atoms. The van der Waals surface area contributed by atoms with Crippen molar-refractivity contribution in [2.24, 2.45) is 5.73 Å². The van der Waals surface area contributed by atoms with Crippen molar-refractivity contribution in [2.45, 2.75) is 25.7 Å². The van der Waals surface area contributed by atoms with Gasteiger partial charge in [-0.1, -0.05) is 67.9 Å². The van der Waals surface area contributed by atoms with Gasteiger partial charge < -0.3 is 15.2 Å². The van der Waals surface area contributed by atoms with Gasteiger partial charge in [-0.25, -0.2) is 4.79 Å². The lowest BCUT2D eigenvalue weighted by atomic mass is 9.83. The highest BCUT2D eigenvalue weighted by atomic mass is 35.5. The van der Waals surface area contributed by atoms with Crippen LogP contribution in [0.3, 0.4) is 0 Å². The lowest BCUT2D eigenvalue weighted by molar-refractivity contribution is -0.128. The molecule has 0 saturated carbocycles. The molecule has 170 valence electrons. The molecular weight excluding hydrogens is 448 g/mol. The Hall–Kier alpha value is -4.01. The number of nitrogens with two attached hydrogens (primary N) is 1. The number of nitrogens with zero attached hydrogens (tertiary/aromatic N) is 1.